The Morgan fingerprint density at radius 1 is 1.29 bits per heavy atom. The maximum Gasteiger partial charge on any atom is 0.133 e. The summed E-state index contributed by atoms with van der Waals surface area (Å²) in [5.74, 6) is -1.52. The molecule has 1 unspecified atom stereocenters. The lowest BCUT2D eigenvalue weighted by Crippen LogP contribution is -2.12. The molecule has 0 radical (unpaired) electrons. The third-order valence-electron chi connectivity index (χ3n) is 3.07. The van der Waals surface area contributed by atoms with Crippen molar-refractivity contribution in [1.82, 2.24) is 4.98 Å². The molecule has 2 aromatic rings. The fraction of sp³-hybridized carbons (Fsp3) is 0.400. The molecule has 0 saturated heterocycles. The lowest BCUT2D eigenvalue weighted by Gasteiger charge is -2.15. The van der Waals surface area contributed by atoms with E-state index in [2.05, 4.69) is 20.9 Å². The molecule has 0 aliphatic carbocycles. The van der Waals surface area contributed by atoms with E-state index in [9.17, 15) is 13.9 Å². The van der Waals surface area contributed by atoms with Crippen LogP contribution in [0.3, 0.4) is 0 Å². The lowest BCUT2D eigenvalue weighted by atomic mass is 9.93. The van der Waals surface area contributed by atoms with Crippen molar-refractivity contribution in [3.63, 3.8) is 0 Å². The van der Waals surface area contributed by atoms with Crippen LogP contribution in [0.5, 0.6) is 0 Å². The Labute approximate surface area is 135 Å². The van der Waals surface area contributed by atoms with Gasteiger partial charge in [0.1, 0.15) is 11.6 Å². The van der Waals surface area contributed by atoms with Gasteiger partial charge in [0.2, 0.25) is 0 Å². The van der Waals surface area contributed by atoms with Crippen LogP contribution in [-0.2, 0) is 11.8 Å². The first-order valence-electron chi connectivity index (χ1n) is 6.46. The molecule has 0 aliphatic rings. The molecule has 114 valence electrons. The van der Waals surface area contributed by atoms with Gasteiger partial charge in [0.15, 0.2) is 0 Å². The van der Waals surface area contributed by atoms with Crippen molar-refractivity contribution >= 4 is 27.3 Å². The van der Waals surface area contributed by atoms with Crippen LogP contribution in [0.15, 0.2) is 22.0 Å². The second-order valence-corrected chi connectivity index (χ2v) is 7.74. The Morgan fingerprint density at radius 3 is 2.33 bits per heavy atom. The van der Waals surface area contributed by atoms with Gasteiger partial charge >= 0.3 is 0 Å². The van der Waals surface area contributed by atoms with Crippen molar-refractivity contribution in [2.45, 2.75) is 38.7 Å². The molecule has 21 heavy (non-hydrogen) atoms. The SMILES string of the molecule is CC(C)(C)c1csc(CC(O)c2c(F)cc(Br)cc2F)n1. The average molecular weight is 376 g/mol. The van der Waals surface area contributed by atoms with E-state index in [4.69, 9.17) is 0 Å². The Kier molecular flexibility index (Phi) is 4.80. The largest absolute Gasteiger partial charge is 0.388 e. The van der Waals surface area contributed by atoms with Crippen molar-refractivity contribution in [3.05, 3.63) is 49.9 Å². The number of hydrogen-bond acceptors (Lipinski definition) is 3. The van der Waals surface area contributed by atoms with Crippen LogP contribution in [0.25, 0.3) is 0 Å². The summed E-state index contributed by atoms with van der Waals surface area (Å²) >= 11 is 4.41. The monoisotopic (exact) mass is 375 g/mol. The van der Waals surface area contributed by atoms with Crippen LogP contribution >= 0.6 is 27.3 Å². The summed E-state index contributed by atoms with van der Waals surface area (Å²) in [5, 5.41) is 12.7. The van der Waals surface area contributed by atoms with E-state index in [1.807, 2.05) is 26.2 Å². The number of hydrogen-bond donors (Lipinski definition) is 1. The molecule has 6 heteroatoms. The smallest absolute Gasteiger partial charge is 0.133 e. The summed E-state index contributed by atoms with van der Waals surface area (Å²) in [6, 6.07) is 2.29. The second kappa shape index (κ2) is 6.10. The van der Waals surface area contributed by atoms with Crippen molar-refractivity contribution in [3.8, 4) is 0 Å². The van der Waals surface area contributed by atoms with Crippen molar-refractivity contribution in [1.29, 1.82) is 0 Å². The highest BCUT2D eigenvalue weighted by molar-refractivity contribution is 9.10. The highest BCUT2D eigenvalue weighted by atomic mass is 79.9. The Hall–Kier alpha value is -0.850. The van der Waals surface area contributed by atoms with Crippen molar-refractivity contribution < 1.29 is 13.9 Å². The average Bonchev–Trinajstić information content (AvgIpc) is 2.75. The summed E-state index contributed by atoms with van der Waals surface area (Å²) < 4.78 is 27.9. The zero-order valence-corrected chi connectivity index (χ0v) is 14.4. The van der Waals surface area contributed by atoms with Crippen LogP contribution in [-0.4, -0.2) is 10.1 Å². The zero-order chi connectivity index (χ0) is 15.8. The number of rotatable bonds is 3. The maximum atomic E-state index is 13.8. The molecule has 0 aliphatic heterocycles. The maximum absolute atomic E-state index is 13.8. The van der Waals surface area contributed by atoms with Gasteiger partial charge in [-0.25, -0.2) is 13.8 Å². The van der Waals surface area contributed by atoms with E-state index in [0.717, 1.165) is 17.8 Å². The predicted molar refractivity (Wildman–Crippen MR) is 83.5 cm³/mol. The number of benzene rings is 1. The Balaban J connectivity index is 2.22. The van der Waals surface area contributed by atoms with Crippen LogP contribution in [0.2, 0.25) is 0 Å². The first-order chi connectivity index (χ1) is 9.68. The van der Waals surface area contributed by atoms with E-state index < -0.39 is 17.7 Å². The highest BCUT2D eigenvalue weighted by Gasteiger charge is 2.22. The third-order valence-corrected chi connectivity index (χ3v) is 4.39. The predicted octanol–water partition coefficient (Wildman–Crippen LogP) is 4.76. The van der Waals surface area contributed by atoms with Gasteiger partial charge in [-0.1, -0.05) is 36.7 Å². The molecule has 1 heterocycles. The van der Waals surface area contributed by atoms with Crippen molar-refractivity contribution in [2.75, 3.05) is 0 Å². The molecule has 0 amide bonds. The molecule has 0 spiro atoms. The Bertz CT molecular complexity index is 628. The third kappa shape index (κ3) is 3.87. The fourth-order valence-electron chi connectivity index (χ4n) is 1.89. The van der Waals surface area contributed by atoms with Gasteiger partial charge in [0.05, 0.1) is 22.4 Å². The highest BCUT2D eigenvalue weighted by Crippen LogP contribution is 2.30. The van der Waals surface area contributed by atoms with Gasteiger partial charge in [0, 0.05) is 21.7 Å². The van der Waals surface area contributed by atoms with Crippen molar-refractivity contribution in [2.24, 2.45) is 0 Å². The Morgan fingerprint density at radius 2 is 1.86 bits per heavy atom. The van der Waals surface area contributed by atoms with E-state index in [1.165, 1.54) is 11.3 Å². The van der Waals surface area contributed by atoms with E-state index >= 15 is 0 Å². The normalized spacial score (nSPS) is 13.5. The zero-order valence-electron chi connectivity index (χ0n) is 12.0. The minimum atomic E-state index is -1.25. The van der Waals surface area contributed by atoms with Gasteiger partial charge in [0.25, 0.3) is 0 Å². The summed E-state index contributed by atoms with van der Waals surface area (Å²) in [4.78, 5) is 4.43. The van der Waals surface area contributed by atoms with E-state index in [0.29, 0.717) is 9.48 Å². The van der Waals surface area contributed by atoms with Gasteiger partial charge in [-0.05, 0) is 12.1 Å². The van der Waals surface area contributed by atoms with Crippen LogP contribution in [0, 0.1) is 11.6 Å². The minimum Gasteiger partial charge on any atom is -0.388 e. The number of thiazole rings is 1. The molecule has 0 bridgehead atoms. The van der Waals surface area contributed by atoms with Gasteiger partial charge < -0.3 is 5.11 Å². The molecule has 0 saturated carbocycles. The second-order valence-electron chi connectivity index (χ2n) is 5.88. The fourth-order valence-corrected chi connectivity index (χ4v) is 3.35. The van der Waals surface area contributed by atoms with Crippen LogP contribution in [0.1, 0.15) is 43.1 Å². The first-order valence-corrected chi connectivity index (χ1v) is 8.13. The summed E-state index contributed by atoms with van der Waals surface area (Å²) in [6.07, 6.45) is -1.16. The number of aliphatic hydroxyl groups excluding tert-OH is 1. The quantitative estimate of drug-likeness (QED) is 0.838. The number of nitrogens with zero attached hydrogens (tertiary/aromatic N) is 1. The van der Waals surface area contributed by atoms with Crippen LogP contribution in [0.4, 0.5) is 8.78 Å². The summed E-state index contributed by atoms with van der Waals surface area (Å²) in [7, 11) is 0. The standard InChI is InChI=1S/C15H16BrF2NOS/c1-15(2,3)12-7-21-13(19-12)6-11(20)14-9(17)4-8(16)5-10(14)18/h4-5,7,11,20H,6H2,1-3H3. The van der Waals surface area contributed by atoms with Crippen LogP contribution < -0.4 is 0 Å². The van der Waals surface area contributed by atoms with Gasteiger partial charge in [-0.15, -0.1) is 11.3 Å². The molecular weight excluding hydrogens is 360 g/mol. The molecular formula is C15H16BrF2NOS. The molecule has 2 rings (SSSR count). The molecule has 1 atom stereocenters. The minimum absolute atomic E-state index is 0.0895. The molecule has 1 aromatic carbocycles. The summed E-state index contributed by atoms with van der Waals surface area (Å²) in [5.41, 5.74) is 0.505. The van der Waals surface area contributed by atoms with E-state index in [1.54, 1.807) is 0 Å². The lowest BCUT2D eigenvalue weighted by molar-refractivity contribution is 0.168. The first kappa shape index (κ1) is 16.5. The molecule has 1 N–H and O–H groups in total. The molecule has 2 nitrogen and oxygen atoms in total. The molecule has 1 aromatic heterocycles. The molecule has 0 fully saturated rings. The number of aromatic nitrogens is 1. The summed E-state index contributed by atoms with van der Waals surface area (Å²) in [6.45, 7) is 6.11. The number of halogens is 3. The topological polar surface area (TPSA) is 33.1 Å². The van der Waals surface area contributed by atoms with Gasteiger partial charge in [-0.2, -0.15) is 0 Å². The van der Waals surface area contributed by atoms with Gasteiger partial charge in [-0.3, -0.25) is 0 Å². The van der Waals surface area contributed by atoms with E-state index in [-0.39, 0.29) is 17.4 Å². The number of aliphatic hydroxyl groups is 1.